The Balaban J connectivity index is 2.37. The summed E-state index contributed by atoms with van der Waals surface area (Å²) in [6.07, 6.45) is 2.10. The zero-order valence-corrected chi connectivity index (χ0v) is 10.6. The second kappa shape index (κ2) is 4.77. The Morgan fingerprint density at radius 1 is 1.38 bits per heavy atom. The average Bonchev–Trinajstić information content (AvgIpc) is 2.28. The Morgan fingerprint density at radius 2 is 2.19 bits per heavy atom. The molecule has 1 aromatic rings. The van der Waals surface area contributed by atoms with Gasteiger partial charge >= 0.3 is 0 Å². The summed E-state index contributed by atoms with van der Waals surface area (Å²) in [4.78, 5) is 1.64. The van der Waals surface area contributed by atoms with Crippen LogP contribution in [-0.4, -0.2) is 26.5 Å². The first-order chi connectivity index (χ1) is 7.63. The lowest BCUT2D eigenvalue weighted by Crippen LogP contribution is -2.16. The molecule has 3 nitrogen and oxygen atoms in total. The molecule has 0 unspecified atom stereocenters. The minimum atomic E-state index is -3.18. The Labute approximate surface area is 100 Å². The molecule has 16 heavy (non-hydrogen) atoms. The fraction of sp³-hybridized carbons (Fsp3) is 0.455. The molecule has 2 rings (SSSR count). The number of hydrogen-bond donors (Lipinski definition) is 1. The van der Waals surface area contributed by atoms with Gasteiger partial charge in [-0.05, 0) is 42.4 Å². The Kier molecular flexibility index (Phi) is 3.56. The van der Waals surface area contributed by atoms with Gasteiger partial charge in [0.1, 0.15) is 0 Å². The van der Waals surface area contributed by atoms with Crippen molar-refractivity contribution in [1.82, 2.24) is 0 Å². The van der Waals surface area contributed by atoms with Crippen molar-refractivity contribution < 1.29 is 8.42 Å². The third-order valence-corrected chi connectivity index (χ3v) is 5.57. The first-order valence-corrected chi connectivity index (χ1v) is 7.96. The zero-order valence-electron chi connectivity index (χ0n) is 8.98. The van der Waals surface area contributed by atoms with E-state index < -0.39 is 9.84 Å². The molecule has 0 spiro atoms. The maximum atomic E-state index is 11.8. The average molecular weight is 257 g/mol. The van der Waals surface area contributed by atoms with E-state index in [1.54, 1.807) is 17.8 Å². The van der Waals surface area contributed by atoms with E-state index in [0.29, 0.717) is 4.90 Å². The molecule has 0 fully saturated rings. The summed E-state index contributed by atoms with van der Waals surface area (Å²) < 4.78 is 23.7. The molecule has 88 valence electrons. The molecular weight excluding hydrogens is 242 g/mol. The van der Waals surface area contributed by atoms with Crippen LogP contribution in [-0.2, 0) is 16.3 Å². The third kappa shape index (κ3) is 2.42. The highest BCUT2D eigenvalue weighted by atomic mass is 32.2. The van der Waals surface area contributed by atoms with Gasteiger partial charge in [0.15, 0.2) is 9.84 Å². The van der Waals surface area contributed by atoms with Crippen LogP contribution in [0.2, 0.25) is 0 Å². The summed E-state index contributed by atoms with van der Waals surface area (Å²) in [7, 11) is -3.18. The summed E-state index contributed by atoms with van der Waals surface area (Å²) in [6.45, 7) is 0.175. The molecule has 0 bridgehead atoms. The van der Waals surface area contributed by atoms with Crippen molar-refractivity contribution in [3.8, 4) is 0 Å². The van der Waals surface area contributed by atoms with Crippen molar-refractivity contribution in [2.45, 2.75) is 22.6 Å². The largest absolute Gasteiger partial charge is 0.329 e. The van der Waals surface area contributed by atoms with E-state index in [1.807, 2.05) is 12.1 Å². The van der Waals surface area contributed by atoms with Crippen LogP contribution in [0.25, 0.3) is 0 Å². The number of hydrogen-bond acceptors (Lipinski definition) is 4. The van der Waals surface area contributed by atoms with E-state index >= 15 is 0 Å². The molecule has 5 heteroatoms. The van der Waals surface area contributed by atoms with Gasteiger partial charge in [-0.3, -0.25) is 0 Å². The molecule has 0 radical (unpaired) electrons. The lowest BCUT2D eigenvalue weighted by Gasteiger charge is -2.15. The van der Waals surface area contributed by atoms with E-state index in [0.717, 1.165) is 24.2 Å². The van der Waals surface area contributed by atoms with Crippen LogP contribution in [0.5, 0.6) is 0 Å². The maximum Gasteiger partial charge on any atom is 0.179 e. The monoisotopic (exact) mass is 257 g/mol. The summed E-state index contributed by atoms with van der Waals surface area (Å²) in [5.41, 5.74) is 6.47. The van der Waals surface area contributed by atoms with Crippen molar-refractivity contribution in [3.63, 3.8) is 0 Å². The summed E-state index contributed by atoms with van der Waals surface area (Å²) in [5.74, 6) is 1.15. The van der Waals surface area contributed by atoms with Gasteiger partial charge in [0.05, 0.1) is 10.6 Å². The summed E-state index contributed by atoms with van der Waals surface area (Å²) in [5, 5.41) is 0. The molecule has 1 heterocycles. The first kappa shape index (κ1) is 12.0. The number of benzene rings is 1. The standard InChI is InChI=1S/C11H15NO2S2/c12-5-7-16(13,14)10-3-4-11-9(8-10)2-1-6-15-11/h3-4,8H,1-2,5-7,12H2. The van der Waals surface area contributed by atoms with Crippen LogP contribution in [0.4, 0.5) is 0 Å². The van der Waals surface area contributed by atoms with E-state index in [9.17, 15) is 8.42 Å². The number of fused-ring (bicyclic) bond motifs is 1. The van der Waals surface area contributed by atoms with Crippen molar-refractivity contribution in [2.75, 3.05) is 18.1 Å². The number of sulfone groups is 1. The van der Waals surface area contributed by atoms with Gasteiger partial charge in [-0.2, -0.15) is 0 Å². The van der Waals surface area contributed by atoms with Gasteiger partial charge in [0.25, 0.3) is 0 Å². The molecular formula is C11H15NO2S2. The number of thioether (sulfide) groups is 1. The Hall–Kier alpha value is -0.520. The van der Waals surface area contributed by atoms with Crippen LogP contribution in [0.15, 0.2) is 28.0 Å². The zero-order chi connectivity index (χ0) is 11.6. The molecule has 0 atom stereocenters. The fourth-order valence-corrected chi connectivity index (χ4v) is 3.97. The number of rotatable bonds is 3. The minimum Gasteiger partial charge on any atom is -0.329 e. The minimum absolute atomic E-state index is 0.0267. The van der Waals surface area contributed by atoms with Crippen molar-refractivity contribution in [1.29, 1.82) is 0 Å². The van der Waals surface area contributed by atoms with Gasteiger partial charge in [-0.1, -0.05) is 0 Å². The molecule has 1 aromatic carbocycles. The maximum absolute atomic E-state index is 11.8. The second-order valence-corrected chi connectivity index (χ2v) is 7.07. The molecule has 1 aliphatic rings. The normalized spacial score (nSPS) is 15.8. The summed E-state index contributed by atoms with van der Waals surface area (Å²) in [6, 6.07) is 5.43. The molecule has 0 amide bonds. The van der Waals surface area contributed by atoms with Crippen LogP contribution < -0.4 is 5.73 Å². The van der Waals surface area contributed by atoms with Crippen LogP contribution in [0.3, 0.4) is 0 Å². The van der Waals surface area contributed by atoms with Gasteiger partial charge in [0, 0.05) is 11.4 Å². The van der Waals surface area contributed by atoms with Crippen molar-refractivity contribution in [3.05, 3.63) is 23.8 Å². The lowest BCUT2D eigenvalue weighted by molar-refractivity contribution is 0.595. The molecule has 1 aliphatic heterocycles. The quantitative estimate of drug-likeness (QED) is 0.890. The Morgan fingerprint density at radius 3 is 2.94 bits per heavy atom. The van der Waals surface area contributed by atoms with Gasteiger partial charge in [0.2, 0.25) is 0 Å². The summed E-state index contributed by atoms with van der Waals surface area (Å²) >= 11 is 1.80. The lowest BCUT2D eigenvalue weighted by atomic mass is 10.1. The topological polar surface area (TPSA) is 60.2 Å². The van der Waals surface area contributed by atoms with Gasteiger partial charge in [-0.15, -0.1) is 11.8 Å². The molecule has 0 aromatic heterocycles. The van der Waals surface area contributed by atoms with E-state index in [2.05, 4.69) is 0 Å². The predicted octanol–water partition coefficient (Wildman–Crippen LogP) is 1.46. The number of nitrogens with two attached hydrogens (primary N) is 1. The first-order valence-electron chi connectivity index (χ1n) is 5.32. The van der Waals surface area contributed by atoms with E-state index in [4.69, 9.17) is 5.73 Å². The third-order valence-electron chi connectivity index (χ3n) is 2.63. The predicted molar refractivity (Wildman–Crippen MR) is 66.6 cm³/mol. The SMILES string of the molecule is NCCS(=O)(=O)c1ccc2c(c1)CCCS2. The van der Waals surface area contributed by atoms with Crippen molar-refractivity contribution >= 4 is 21.6 Å². The van der Waals surface area contributed by atoms with E-state index in [-0.39, 0.29) is 12.3 Å². The Bertz CT molecular complexity index is 483. The van der Waals surface area contributed by atoms with E-state index in [1.165, 1.54) is 4.90 Å². The smallest absolute Gasteiger partial charge is 0.179 e. The van der Waals surface area contributed by atoms with Crippen LogP contribution >= 0.6 is 11.8 Å². The highest BCUT2D eigenvalue weighted by Gasteiger charge is 2.17. The van der Waals surface area contributed by atoms with Crippen molar-refractivity contribution in [2.24, 2.45) is 5.73 Å². The van der Waals surface area contributed by atoms with Crippen LogP contribution in [0, 0.1) is 0 Å². The van der Waals surface area contributed by atoms with Gasteiger partial charge < -0.3 is 5.73 Å². The molecule has 0 saturated carbocycles. The van der Waals surface area contributed by atoms with Gasteiger partial charge in [-0.25, -0.2) is 8.42 Å². The second-order valence-electron chi connectivity index (χ2n) is 3.83. The molecule has 2 N–H and O–H groups in total. The molecule has 0 saturated heterocycles. The van der Waals surface area contributed by atoms with Crippen LogP contribution in [0.1, 0.15) is 12.0 Å². The highest BCUT2D eigenvalue weighted by Crippen LogP contribution is 2.31. The molecule has 0 aliphatic carbocycles. The number of aryl methyl sites for hydroxylation is 1. The highest BCUT2D eigenvalue weighted by molar-refractivity contribution is 7.99. The fourth-order valence-electron chi connectivity index (χ4n) is 1.80.